The van der Waals surface area contributed by atoms with Crippen LogP contribution in [0.3, 0.4) is 0 Å². The van der Waals surface area contributed by atoms with Crippen molar-refractivity contribution >= 4 is 24.1 Å². The van der Waals surface area contributed by atoms with Crippen molar-refractivity contribution in [1.29, 1.82) is 0 Å². The number of rotatable bonds is 5. The predicted octanol–water partition coefficient (Wildman–Crippen LogP) is 4.05. The van der Waals surface area contributed by atoms with Crippen LogP contribution in [-0.4, -0.2) is 47.4 Å². The first kappa shape index (κ1) is 21.5. The maximum absolute atomic E-state index is 6.39. The van der Waals surface area contributed by atoms with Gasteiger partial charge in [-0.3, -0.25) is 0 Å². The minimum Gasteiger partial charge on any atom is -0.439 e. The highest BCUT2D eigenvalue weighted by Crippen LogP contribution is 2.41. The van der Waals surface area contributed by atoms with Crippen LogP contribution in [0.25, 0.3) is 0 Å². The van der Waals surface area contributed by atoms with E-state index in [2.05, 4.69) is 42.9 Å². The van der Waals surface area contributed by atoms with E-state index in [1.165, 1.54) is 25.7 Å². The molecular weight excluding hydrogens is 403 g/mol. The Morgan fingerprint density at radius 1 is 1.00 bits per heavy atom. The van der Waals surface area contributed by atoms with E-state index >= 15 is 0 Å². The Bertz CT molecular complexity index is 992. The Balaban J connectivity index is 1.48. The van der Waals surface area contributed by atoms with Crippen molar-refractivity contribution in [2.45, 2.75) is 83.6 Å². The van der Waals surface area contributed by atoms with Crippen LogP contribution in [0.1, 0.15) is 59.2 Å². The molecule has 0 amide bonds. The Labute approximate surface area is 191 Å². The molecule has 0 saturated carbocycles. The molecule has 1 aromatic heterocycles. The van der Waals surface area contributed by atoms with Gasteiger partial charge in [-0.1, -0.05) is 6.07 Å². The molecular formula is C24H33BN4O3. The van der Waals surface area contributed by atoms with Crippen LogP contribution < -0.4 is 20.4 Å². The minimum absolute atomic E-state index is 0.426. The molecule has 1 N–H and O–H groups in total. The van der Waals surface area contributed by atoms with Gasteiger partial charge in [0.25, 0.3) is 0 Å². The average Bonchev–Trinajstić information content (AvgIpc) is 3.38. The monoisotopic (exact) mass is 436 g/mol. The lowest BCUT2D eigenvalue weighted by molar-refractivity contribution is 0.00578. The second kappa shape index (κ2) is 7.63. The van der Waals surface area contributed by atoms with Gasteiger partial charge in [-0.05, 0) is 66.4 Å². The predicted molar refractivity (Wildman–Crippen MR) is 127 cm³/mol. The normalized spacial score (nSPS) is 25.4. The molecule has 7 nitrogen and oxygen atoms in total. The van der Waals surface area contributed by atoms with Gasteiger partial charge in [-0.25, -0.2) is 4.98 Å². The molecule has 3 aliphatic heterocycles. The zero-order valence-electron chi connectivity index (χ0n) is 19.9. The Morgan fingerprint density at radius 3 is 2.22 bits per heavy atom. The van der Waals surface area contributed by atoms with E-state index in [1.807, 2.05) is 38.2 Å². The average molecular weight is 436 g/mol. The molecule has 32 heavy (non-hydrogen) atoms. The first-order chi connectivity index (χ1) is 15.2. The molecule has 5 rings (SSSR count). The van der Waals surface area contributed by atoms with Crippen LogP contribution >= 0.6 is 0 Å². The van der Waals surface area contributed by atoms with Crippen molar-refractivity contribution in [2.24, 2.45) is 0 Å². The topological polar surface area (TPSA) is 68.7 Å². The molecule has 0 atom stereocenters. The highest BCUT2D eigenvalue weighted by molar-refractivity contribution is 6.63. The molecule has 0 radical (unpaired) electrons. The quantitative estimate of drug-likeness (QED) is 0.710. The molecule has 3 fully saturated rings. The number of aromatic nitrogens is 2. The van der Waals surface area contributed by atoms with Gasteiger partial charge < -0.3 is 24.3 Å². The summed E-state index contributed by atoms with van der Waals surface area (Å²) in [5.74, 6) is 2.90. The van der Waals surface area contributed by atoms with Gasteiger partial charge >= 0.3 is 7.12 Å². The van der Waals surface area contributed by atoms with E-state index in [4.69, 9.17) is 19.0 Å². The molecule has 0 aliphatic carbocycles. The first-order valence-electron chi connectivity index (χ1n) is 11.7. The van der Waals surface area contributed by atoms with Gasteiger partial charge in [0.15, 0.2) is 0 Å². The summed E-state index contributed by atoms with van der Waals surface area (Å²) in [6, 6.07) is 9.14. The van der Waals surface area contributed by atoms with Crippen LogP contribution in [0.15, 0.2) is 24.3 Å². The second-order valence-electron chi connectivity index (χ2n) is 10.2. The Morgan fingerprint density at radius 2 is 1.62 bits per heavy atom. The van der Waals surface area contributed by atoms with E-state index in [0.717, 1.165) is 17.0 Å². The van der Waals surface area contributed by atoms with Gasteiger partial charge in [-0.2, -0.15) is 4.98 Å². The fourth-order valence-electron chi connectivity index (χ4n) is 5.05. The summed E-state index contributed by atoms with van der Waals surface area (Å²) in [5, 5.41) is 3.19. The van der Waals surface area contributed by atoms with Crippen LogP contribution in [0.5, 0.6) is 11.6 Å². The summed E-state index contributed by atoms with van der Waals surface area (Å²) in [6.07, 6.45) is 5.00. The highest BCUT2D eigenvalue weighted by atomic mass is 16.7. The largest absolute Gasteiger partial charge is 0.498 e. The maximum Gasteiger partial charge on any atom is 0.498 e. The number of hydrogen-bond donors (Lipinski definition) is 1. The van der Waals surface area contributed by atoms with E-state index in [9.17, 15) is 0 Å². The molecule has 3 saturated heterocycles. The van der Waals surface area contributed by atoms with Crippen LogP contribution in [0.4, 0.5) is 11.5 Å². The molecule has 4 heterocycles. The van der Waals surface area contributed by atoms with Gasteiger partial charge in [0, 0.05) is 42.4 Å². The fourth-order valence-corrected chi connectivity index (χ4v) is 5.05. The third kappa shape index (κ3) is 3.63. The third-order valence-corrected chi connectivity index (χ3v) is 7.54. The lowest BCUT2D eigenvalue weighted by Gasteiger charge is -2.32. The molecule has 2 aromatic rings. The van der Waals surface area contributed by atoms with Crippen molar-refractivity contribution in [2.75, 3.05) is 17.3 Å². The molecule has 0 unspecified atom stereocenters. The zero-order valence-corrected chi connectivity index (χ0v) is 19.9. The van der Waals surface area contributed by atoms with Crippen molar-refractivity contribution in [3.8, 4) is 11.6 Å². The smallest absolute Gasteiger partial charge is 0.439 e. The van der Waals surface area contributed by atoms with Crippen molar-refractivity contribution in [1.82, 2.24) is 9.97 Å². The van der Waals surface area contributed by atoms with E-state index in [1.54, 1.807) is 0 Å². The lowest BCUT2D eigenvalue weighted by Crippen LogP contribution is -2.41. The number of nitrogens with one attached hydrogen (secondary N) is 1. The SMILES string of the molecule is CNc1ccc(B2OC(C)(C)C(C)(C)O2)c(Oc2cc(N3C4CCC3CC4)nc(C)n2)c1. The number of ether oxygens (including phenoxy) is 1. The number of anilines is 2. The minimum atomic E-state index is -0.516. The zero-order chi connectivity index (χ0) is 22.7. The first-order valence-corrected chi connectivity index (χ1v) is 11.7. The number of hydrogen-bond acceptors (Lipinski definition) is 7. The summed E-state index contributed by atoms with van der Waals surface area (Å²) in [5.41, 5.74) is 0.944. The maximum atomic E-state index is 6.39. The number of benzene rings is 1. The Hall–Kier alpha value is -2.32. The van der Waals surface area contributed by atoms with Gasteiger partial charge in [0.05, 0.1) is 11.2 Å². The molecule has 8 heteroatoms. The van der Waals surface area contributed by atoms with Crippen LogP contribution in [0, 0.1) is 6.92 Å². The Kier molecular flexibility index (Phi) is 5.13. The second-order valence-corrected chi connectivity index (χ2v) is 10.2. The highest BCUT2D eigenvalue weighted by Gasteiger charge is 2.52. The standard InChI is InChI=1S/C24H33BN4O3/c1-15-27-21(29-17-8-9-18(29)11-10-17)14-22(28-15)30-20-13-16(26-6)7-12-19(20)25-31-23(2,3)24(4,5)32-25/h7,12-14,17-18,26H,8-11H2,1-6H3. The van der Waals surface area contributed by atoms with E-state index in [-0.39, 0.29) is 0 Å². The van der Waals surface area contributed by atoms with Crippen LogP contribution in [-0.2, 0) is 9.31 Å². The van der Waals surface area contributed by atoms with Crippen molar-refractivity contribution in [3.05, 3.63) is 30.1 Å². The molecule has 2 bridgehead atoms. The van der Waals surface area contributed by atoms with E-state index < -0.39 is 18.3 Å². The number of nitrogens with zero attached hydrogens (tertiary/aromatic N) is 3. The summed E-state index contributed by atoms with van der Waals surface area (Å²) in [4.78, 5) is 11.8. The van der Waals surface area contributed by atoms with Gasteiger partial charge in [-0.15, -0.1) is 0 Å². The molecule has 170 valence electrons. The summed E-state index contributed by atoms with van der Waals surface area (Å²) < 4.78 is 19.0. The molecule has 3 aliphatic rings. The van der Waals surface area contributed by atoms with Gasteiger partial charge in [0.2, 0.25) is 5.88 Å². The van der Waals surface area contributed by atoms with Crippen LogP contribution in [0.2, 0.25) is 0 Å². The van der Waals surface area contributed by atoms with E-state index in [0.29, 0.717) is 29.5 Å². The van der Waals surface area contributed by atoms with Crippen molar-refractivity contribution < 1.29 is 14.0 Å². The summed E-state index contributed by atoms with van der Waals surface area (Å²) >= 11 is 0. The summed E-state index contributed by atoms with van der Waals surface area (Å²) in [6.45, 7) is 10.1. The summed E-state index contributed by atoms with van der Waals surface area (Å²) in [7, 11) is 1.38. The molecule has 1 aromatic carbocycles. The number of fused-ring (bicyclic) bond motifs is 2. The van der Waals surface area contributed by atoms with Crippen molar-refractivity contribution in [3.63, 3.8) is 0 Å². The number of aryl methyl sites for hydroxylation is 1. The lowest BCUT2D eigenvalue weighted by atomic mass is 9.78. The van der Waals surface area contributed by atoms with Gasteiger partial charge in [0.1, 0.15) is 17.4 Å². The molecule has 0 spiro atoms. The fraction of sp³-hybridized carbons (Fsp3) is 0.583. The third-order valence-electron chi connectivity index (χ3n) is 7.54.